The quantitative estimate of drug-likeness (QED) is 0.398. The van der Waals surface area contributed by atoms with Crippen molar-refractivity contribution in [1.29, 1.82) is 0 Å². The topological polar surface area (TPSA) is 120 Å². The summed E-state index contributed by atoms with van der Waals surface area (Å²) in [5.41, 5.74) is 3.64. The molecular weight excluding hydrogens is 506 g/mol. The molecule has 0 spiro atoms. The van der Waals surface area contributed by atoms with Crippen molar-refractivity contribution >= 4 is 40.6 Å². The maximum absolute atomic E-state index is 14.2. The van der Waals surface area contributed by atoms with E-state index < -0.39 is 36.0 Å². The van der Waals surface area contributed by atoms with Gasteiger partial charge in [0.1, 0.15) is 0 Å². The maximum Gasteiger partial charge on any atom is 0.321 e. The number of nitrogens with one attached hydrogen (secondary N) is 3. The predicted octanol–water partition coefficient (Wildman–Crippen LogP) is 3.61. The van der Waals surface area contributed by atoms with Crippen LogP contribution in [0, 0.1) is 6.92 Å². The molecule has 2 aliphatic heterocycles. The van der Waals surface area contributed by atoms with E-state index in [9.17, 15) is 19.2 Å². The lowest BCUT2D eigenvalue weighted by molar-refractivity contribution is -0.132. The largest absolute Gasteiger partial charge is 0.321 e. The number of benzodiazepines with no additional fused rings is 1. The van der Waals surface area contributed by atoms with Crippen molar-refractivity contribution in [2.45, 2.75) is 44.9 Å². The van der Waals surface area contributed by atoms with Crippen LogP contribution in [0.3, 0.4) is 0 Å². The van der Waals surface area contributed by atoms with Gasteiger partial charge < -0.3 is 16.0 Å². The van der Waals surface area contributed by atoms with Gasteiger partial charge in [-0.25, -0.2) is 9.79 Å². The smallest absolute Gasteiger partial charge is 0.308 e. The number of hydrogen-bond acceptors (Lipinski definition) is 6. The average molecular weight is 538 g/mol. The molecule has 0 bridgehead atoms. The summed E-state index contributed by atoms with van der Waals surface area (Å²) in [6.45, 7) is 3.88. The van der Waals surface area contributed by atoms with Crippen LogP contribution in [-0.4, -0.2) is 54.0 Å². The highest BCUT2D eigenvalue weighted by molar-refractivity contribution is 6.24. The van der Waals surface area contributed by atoms with Crippen LogP contribution in [0.5, 0.6) is 0 Å². The second kappa shape index (κ2) is 11.6. The summed E-state index contributed by atoms with van der Waals surface area (Å²) < 4.78 is 0. The molecule has 2 aliphatic rings. The molecule has 3 amide bonds. The Kier molecular flexibility index (Phi) is 7.84. The number of ketones is 2. The average Bonchev–Trinajstić information content (AvgIpc) is 3.45. The summed E-state index contributed by atoms with van der Waals surface area (Å²) in [6.07, 6.45) is -0.0204. The molecule has 1 saturated heterocycles. The van der Waals surface area contributed by atoms with E-state index in [4.69, 9.17) is 4.99 Å². The molecule has 1 fully saturated rings. The number of urea groups is 1. The number of aryl methyl sites for hydroxylation is 1. The zero-order valence-electron chi connectivity index (χ0n) is 22.4. The summed E-state index contributed by atoms with van der Waals surface area (Å²) in [6, 6.07) is 21.0. The lowest BCUT2D eigenvalue weighted by atomic mass is 9.96. The third-order valence-corrected chi connectivity index (χ3v) is 7.06. The van der Waals surface area contributed by atoms with E-state index in [1.165, 1.54) is 11.8 Å². The van der Waals surface area contributed by atoms with Crippen LogP contribution in [0.1, 0.15) is 36.5 Å². The highest BCUT2D eigenvalue weighted by atomic mass is 16.2. The third-order valence-electron chi connectivity index (χ3n) is 7.06. The van der Waals surface area contributed by atoms with Gasteiger partial charge in [0, 0.05) is 16.8 Å². The fraction of sp³-hybridized carbons (Fsp3) is 0.258. The molecule has 9 heteroatoms. The van der Waals surface area contributed by atoms with Crippen LogP contribution in [0.2, 0.25) is 0 Å². The van der Waals surface area contributed by atoms with Crippen molar-refractivity contribution in [3.05, 3.63) is 95.6 Å². The SMILES string of the molecule is CC(=O)C(C(=O)[C@H]1CCCN1)N1C(=O)C(NC(=O)Nc2cccc(C)c2)N=C(c2ccccc2)c2ccccc21. The molecule has 3 atom stereocenters. The normalized spacial score (nSPS) is 19.2. The zero-order valence-corrected chi connectivity index (χ0v) is 22.4. The van der Waals surface area contributed by atoms with Crippen LogP contribution in [0.25, 0.3) is 0 Å². The Hall–Kier alpha value is -4.63. The number of Topliss-reactive ketones (excluding diaryl/α,β-unsaturated/α-hetero) is 2. The van der Waals surface area contributed by atoms with Crippen LogP contribution >= 0.6 is 0 Å². The molecule has 40 heavy (non-hydrogen) atoms. The fourth-order valence-electron chi connectivity index (χ4n) is 5.22. The van der Waals surface area contributed by atoms with Gasteiger partial charge in [-0.3, -0.25) is 19.3 Å². The van der Waals surface area contributed by atoms with Gasteiger partial charge >= 0.3 is 6.03 Å². The van der Waals surface area contributed by atoms with Crippen molar-refractivity contribution in [3.8, 4) is 0 Å². The second-order valence-corrected chi connectivity index (χ2v) is 10.0. The Labute approximate surface area is 232 Å². The molecule has 2 unspecified atom stereocenters. The lowest BCUT2D eigenvalue weighted by Crippen LogP contribution is -2.58. The number of rotatable bonds is 7. The first kappa shape index (κ1) is 27.0. The molecule has 0 radical (unpaired) electrons. The molecule has 3 aromatic carbocycles. The molecule has 204 valence electrons. The number of fused-ring (bicyclic) bond motifs is 1. The van der Waals surface area contributed by atoms with Gasteiger partial charge in [-0.2, -0.15) is 0 Å². The number of carbonyl (C=O) groups is 4. The minimum Gasteiger partial charge on any atom is -0.308 e. The van der Waals surface area contributed by atoms with Gasteiger partial charge in [0.15, 0.2) is 17.6 Å². The van der Waals surface area contributed by atoms with Crippen LogP contribution in [-0.2, 0) is 14.4 Å². The minimum absolute atomic E-state index is 0.376. The van der Waals surface area contributed by atoms with E-state index in [1.54, 1.807) is 36.4 Å². The summed E-state index contributed by atoms with van der Waals surface area (Å²) in [5, 5.41) is 8.57. The van der Waals surface area contributed by atoms with Gasteiger partial charge in [0.05, 0.1) is 17.4 Å². The zero-order chi connectivity index (χ0) is 28.2. The van der Waals surface area contributed by atoms with Gasteiger partial charge in [-0.1, -0.05) is 60.7 Å². The number of amides is 3. The Bertz CT molecular complexity index is 1480. The number of aliphatic imine (C=N–C) groups is 1. The van der Waals surface area contributed by atoms with Crippen molar-refractivity contribution < 1.29 is 19.2 Å². The Morgan fingerprint density at radius 3 is 2.45 bits per heavy atom. The summed E-state index contributed by atoms with van der Waals surface area (Å²) in [5.74, 6) is -1.52. The minimum atomic E-state index is -1.40. The van der Waals surface area contributed by atoms with Crippen molar-refractivity contribution in [2.24, 2.45) is 4.99 Å². The van der Waals surface area contributed by atoms with E-state index >= 15 is 0 Å². The number of para-hydroxylation sites is 1. The number of hydrogen-bond donors (Lipinski definition) is 3. The number of anilines is 2. The summed E-state index contributed by atoms with van der Waals surface area (Å²) >= 11 is 0. The summed E-state index contributed by atoms with van der Waals surface area (Å²) in [7, 11) is 0. The maximum atomic E-state index is 14.2. The second-order valence-electron chi connectivity index (χ2n) is 10.0. The first-order valence-electron chi connectivity index (χ1n) is 13.3. The highest BCUT2D eigenvalue weighted by Gasteiger charge is 2.44. The molecule has 2 heterocycles. The number of nitrogens with zero attached hydrogens (tertiary/aromatic N) is 2. The van der Waals surface area contributed by atoms with Crippen LogP contribution < -0.4 is 20.9 Å². The summed E-state index contributed by atoms with van der Waals surface area (Å²) in [4.78, 5) is 60.1. The van der Waals surface area contributed by atoms with Gasteiger partial charge in [-0.15, -0.1) is 0 Å². The standard InChI is InChI=1S/C31H31N5O4/c1-19-10-8-13-22(18-19)33-31(40)35-29-30(39)36(27(20(2)37)28(38)24-15-9-17-32-24)25-16-7-6-14-23(25)26(34-29)21-11-4-3-5-12-21/h3-8,10-14,16,18,24,27,29,32H,9,15,17H2,1-2H3,(H2,33,35,40)/t24-,27?,29?/m1/s1. The highest BCUT2D eigenvalue weighted by Crippen LogP contribution is 2.31. The monoisotopic (exact) mass is 537 g/mol. The first-order chi connectivity index (χ1) is 19.3. The predicted molar refractivity (Wildman–Crippen MR) is 154 cm³/mol. The van der Waals surface area contributed by atoms with E-state index in [0.717, 1.165) is 17.5 Å². The Morgan fingerprint density at radius 1 is 1.00 bits per heavy atom. The molecule has 3 aromatic rings. The van der Waals surface area contributed by atoms with Crippen LogP contribution in [0.15, 0.2) is 83.9 Å². The number of benzene rings is 3. The van der Waals surface area contributed by atoms with Crippen molar-refractivity contribution in [2.75, 3.05) is 16.8 Å². The molecule has 0 aliphatic carbocycles. The molecule has 5 rings (SSSR count). The van der Waals surface area contributed by atoms with E-state index in [-0.39, 0.29) is 5.78 Å². The number of carbonyl (C=O) groups excluding carboxylic acids is 4. The fourth-order valence-corrected chi connectivity index (χ4v) is 5.22. The van der Waals surface area contributed by atoms with Crippen molar-refractivity contribution in [1.82, 2.24) is 10.6 Å². The van der Waals surface area contributed by atoms with Gasteiger partial charge in [-0.05, 0) is 57.0 Å². The van der Waals surface area contributed by atoms with Gasteiger partial charge in [0.2, 0.25) is 6.17 Å². The van der Waals surface area contributed by atoms with E-state index in [1.807, 2.05) is 49.4 Å². The molecule has 3 N–H and O–H groups in total. The first-order valence-corrected chi connectivity index (χ1v) is 13.3. The lowest BCUT2D eigenvalue weighted by Gasteiger charge is -2.32. The Morgan fingerprint density at radius 2 is 1.75 bits per heavy atom. The van der Waals surface area contributed by atoms with E-state index in [0.29, 0.717) is 35.6 Å². The molecule has 0 saturated carbocycles. The molecule has 9 nitrogen and oxygen atoms in total. The van der Waals surface area contributed by atoms with Crippen molar-refractivity contribution in [3.63, 3.8) is 0 Å². The van der Waals surface area contributed by atoms with Crippen LogP contribution in [0.4, 0.5) is 16.2 Å². The molecular formula is C31H31N5O4. The Balaban J connectivity index is 1.60. The van der Waals surface area contributed by atoms with E-state index in [2.05, 4.69) is 16.0 Å². The third kappa shape index (κ3) is 5.55. The van der Waals surface area contributed by atoms with Gasteiger partial charge in [0.25, 0.3) is 5.91 Å². The molecule has 0 aromatic heterocycles.